The monoisotopic (exact) mass is 294 g/mol. The highest BCUT2D eigenvalue weighted by molar-refractivity contribution is 5.66. The molecule has 0 spiro atoms. The Kier molecular flexibility index (Phi) is 5.33. The van der Waals surface area contributed by atoms with Gasteiger partial charge in [0.15, 0.2) is 0 Å². The second kappa shape index (κ2) is 7.02. The number of carboxylic acid groups (broad SMARTS) is 1. The fourth-order valence-electron chi connectivity index (χ4n) is 2.70. The molecule has 0 radical (unpaired) electrons. The van der Waals surface area contributed by atoms with Crippen LogP contribution in [0.15, 0.2) is 0 Å². The number of nitrogens with zero attached hydrogens (tertiary/aromatic N) is 3. The van der Waals surface area contributed by atoms with Gasteiger partial charge in [-0.25, -0.2) is 0 Å². The molecule has 0 saturated heterocycles. The van der Waals surface area contributed by atoms with Gasteiger partial charge < -0.3 is 15.0 Å². The van der Waals surface area contributed by atoms with Crippen LogP contribution in [-0.2, 0) is 24.3 Å². The van der Waals surface area contributed by atoms with E-state index < -0.39 is 5.97 Å². The topological polar surface area (TPSA) is 80.0 Å². The molecule has 1 aromatic heterocycles. The average molecular weight is 294 g/mol. The molecule has 0 amide bonds. The number of nitrogens with one attached hydrogen (secondary N) is 1. The van der Waals surface area contributed by atoms with E-state index in [1.165, 1.54) is 12.8 Å². The Labute approximate surface area is 126 Å². The van der Waals surface area contributed by atoms with Gasteiger partial charge in [-0.3, -0.25) is 4.79 Å². The first-order valence-electron chi connectivity index (χ1n) is 7.81. The molecule has 0 bridgehead atoms. The lowest BCUT2D eigenvalue weighted by Crippen LogP contribution is -2.25. The van der Waals surface area contributed by atoms with Gasteiger partial charge in [0.2, 0.25) is 0 Å². The normalized spacial score (nSPS) is 15.0. The van der Waals surface area contributed by atoms with Gasteiger partial charge in [0, 0.05) is 19.4 Å². The molecule has 0 saturated carbocycles. The molecule has 6 nitrogen and oxygen atoms in total. The highest BCUT2D eigenvalue weighted by Gasteiger charge is 2.19. The zero-order chi connectivity index (χ0) is 15.3. The number of hydrogen-bond acceptors (Lipinski definition) is 4. The number of aryl methyl sites for hydroxylation is 1. The molecule has 0 aromatic carbocycles. The third-order valence-corrected chi connectivity index (χ3v) is 4.21. The van der Waals surface area contributed by atoms with E-state index in [2.05, 4.69) is 33.9 Å². The van der Waals surface area contributed by atoms with Gasteiger partial charge in [-0.2, -0.15) is 0 Å². The van der Waals surface area contributed by atoms with E-state index in [9.17, 15) is 4.79 Å². The molecule has 118 valence electrons. The van der Waals surface area contributed by atoms with Crippen molar-refractivity contribution in [2.75, 3.05) is 6.54 Å². The van der Waals surface area contributed by atoms with Crippen molar-refractivity contribution in [3.63, 3.8) is 0 Å². The van der Waals surface area contributed by atoms with Gasteiger partial charge in [-0.05, 0) is 37.6 Å². The Bertz CT molecular complexity index is 482. The summed E-state index contributed by atoms with van der Waals surface area (Å²) in [7, 11) is 0. The summed E-state index contributed by atoms with van der Waals surface area (Å²) in [6, 6.07) is 0. The zero-order valence-corrected chi connectivity index (χ0v) is 13.1. The SMILES string of the molecule is CC(C)(CCNCc1nnc2n1CCCC2)CCC(=O)O. The van der Waals surface area contributed by atoms with Crippen LogP contribution in [0.3, 0.4) is 0 Å². The molecule has 6 heteroatoms. The van der Waals surface area contributed by atoms with Gasteiger partial charge in [0.25, 0.3) is 0 Å². The predicted octanol–water partition coefficient (Wildman–Crippen LogP) is 1.99. The van der Waals surface area contributed by atoms with Gasteiger partial charge in [-0.1, -0.05) is 13.8 Å². The van der Waals surface area contributed by atoms with Crippen molar-refractivity contribution in [2.24, 2.45) is 5.41 Å². The minimum Gasteiger partial charge on any atom is -0.481 e. The summed E-state index contributed by atoms with van der Waals surface area (Å²) in [4.78, 5) is 10.6. The standard InChI is InChI=1S/C15H26N4O2/c1-15(2,7-6-14(20)21)8-9-16-11-13-18-17-12-5-3-4-10-19(12)13/h16H,3-11H2,1-2H3,(H,20,21). The molecule has 1 aliphatic heterocycles. The van der Waals surface area contributed by atoms with Gasteiger partial charge in [-0.15, -0.1) is 10.2 Å². The second-order valence-electron chi connectivity index (χ2n) is 6.63. The van der Waals surface area contributed by atoms with Crippen LogP contribution in [0.2, 0.25) is 0 Å². The molecular formula is C15H26N4O2. The molecule has 21 heavy (non-hydrogen) atoms. The molecular weight excluding hydrogens is 268 g/mol. The van der Waals surface area contributed by atoms with Crippen LogP contribution in [0.1, 0.15) is 57.6 Å². The Hall–Kier alpha value is -1.43. The lowest BCUT2D eigenvalue weighted by Gasteiger charge is -2.24. The zero-order valence-electron chi connectivity index (χ0n) is 13.1. The molecule has 0 fully saturated rings. The van der Waals surface area contributed by atoms with Crippen molar-refractivity contribution in [2.45, 2.75) is 65.5 Å². The number of carbonyl (C=O) groups is 1. The summed E-state index contributed by atoms with van der Waals surface area (Å²) in [5, 5.41) is 20.7. The summed E-state index contributed by atoms with van der Waals surface area (Å²) >= 11 is 0. The largest absolute Gasteiger partial charge is 0.481 e. The Morgan fingerprint density at radius 3 is 2.90 bits per heavy atom. The highest BCUT2D eigenvalue weighted by Crippen LogP contribution is 2.26. The van der Waals surface area contributed by atoms with Crippen molar-refractivity contribution in [3.05, 3.63) is 11.6 Å². The maximum absolute atomic E-state index is 10.6. The minimum atomic E-state index is -0.717. The van der Waals surface area contributed by atoms with Gasteiger partial charge in [0.05, 0.1) is 6.54 Å². The summed E-state index contributed by atoms with van der Waals surface area (Å²) in [6.45, 7) is 6.88. The summed E-state index contributed by atoms with van der Waals surface area (Å²) in [5.41, 5.74) is 0.0513. The first kappa shape index (κ1) is 15.9. The maximum Gasteiger partial charge on any atom is 0.303 e. The lowest BCUT2D eigenvalue weighted by atomic mass is 9.84. The molecule has 2 rings (SSSR count). The maximum atomic E-state index is 10.6. The Morgan fingerprint density at radius 1 is 1.33 bits per heavy atom. The van der Waals surface area contributed by atoms with E-state index in [1.54, 1.807) is 0 Å². The molecule has 0 aliphatic carbocycles. The third-order valence-electron chi connectivity index (χ3n) is 4.21. The molecule has 0 atom stereocenters. The number of aliphatic carboxylic acids is 1. The number of carboxylic acids is 1. The average Bonchev–Trinajstić information content (AvgIpc) is 2.85. The van der Waals surface area contributed by atoms with Gasteiger partial charge in [0.1, 0.15) is 11.6 Å². The molecule has 1 aliphatic rings. The van der Waals surface area contributed by atoms with Crippen LogP contribution in [0.25, 0.3) is 0 Å². The Morgan fingerprint density at radius 2 is 2.14 bits per heavy atom. The molecule has 2 N–H and O–H groups in total. The Balaban J connectivity index is 1.72. The first-order valence-corrected chi connectivity index (χ1v) is 7.81. The van der Waals surface area contributed by atoms with E-state index in [1.807, 2.05) is 0 Å². The quantitative estimate of drug-likeness (QED) is 0.717. The van der Waals surface area contributed by atoms with Crippen LogP contribution in [-0.4, -0.2) is 32.4 Å². The molecule has 2 heterocycles. The smallest absolute Gasteiger partial charge is 0.303 e. The van der Waals surface area contributed by atoms with Crippen molar-refractivity contribution >= 4 is 5.97 Å². The van der Waals surface area contributed by atoms with Crippen LogP contribution < -0.4 is 5.32 Å². The van der Waals surface area contributed by atoms with E-state index in [4.69, 9.17) is 5.11 Å². The number of aromatic nitrogens is 3. The third kappa shape index (κ3) is 4.81. The van der Waals surface area contributed by atoms with Crippen LogP contribution >= 0.6 is 0 Å². The van der Waals surface area contributed by atoms with Crippen molar-refractivity contribution in [3.8, 4) is 0 Å². The second-order valence-corrected chi connectivity index (χ2v) is 6.63. The summed E-state index contributed by atoms with van der Waals surface area (Å²) in [5.74, 6) is 1.42. The summed E-state index contributed by atoms with van der Waals surface area (Å²) in [6.07, 6.45) is 5.37. The fourth-order valence-corrected chi connectivity index (χ4v) is 2.70. The van der Waals surface area contributed by atoms with Crippen molar-refractivity contribution in [1.29, 1.82) is 0 Å². The fraction of sp³-hybridized carbons (Fsp3) is 0.800. The van der Waals surface area contributed by atoms with E-state index in [-0.39, 0.29) is 11.8 Å². The lowest BCUT2D eigenvalue weighted by molar-refractivity contribution is -0.137. The van der Waals surface area contributed by atoms with E-state index in [0.29, 0.717) is 6.42 Å². The molecule has 0 unspecified atom stereocenters. The number of hydrogen-bond donors (Lipinski definition) is 2. The van der Waals surface area contributed by atoms with Gasteiger partial charge >= 0.3 is 5.97 Å². The summed E-state index contributed by atoms with van der Waals surface area (Å²) < 4.78 is 2.23. The van der Waals surface area contributed by atoms with E-state index in [0.717, 1.165) is 44.1 Å². The van der Waals surface area contributed by atoms with Crippen LogP contribution in [0.5, 0.6) is 0 Å². The van der Waals surface area contributed by atoms with E-state index >= 15 is 0 Å². The van der Waals surface area contributed by atoms with Crippen molar-refractivity contribution in [1.82, 2.24) is 20.1 Å². The van der Waals surface area contributed by atoms with Crippen molar-refractivity contribution < 1.29 is 9.90 Å². The predicted molar refractivity (Wildman–Crippen MR) is 79.9 cm³/mol. The highest BCUT2D eigenvalue weighted by atomic mass is 16.4. The molecule has 1 aromatic rings. The number of rotatable bonds is 8. The number of fused-ring (bicyclic) bond motifs is 1. The van der Waals surface area contributed by atoms with Crippen LogP contribution in [0.4, 0.5) is 0 Å². The van der Waals surface area contributed by atoms with Crippen LogP contribution in [0, 0.1) is 5.41 Å². The minimum absolute atomic E-state index is 0.0513. The first-order chi connectivity index (χ1) is 9.98.